The largest absolute Gasteiger partial charge is 0.321 e. The number of carbonyl (C=O) groups excluding carboxylic acids is 3. The van der Waals surface area contributed by atoms with Crippen molar-refractivity contribution < 1.29 is 18.8 Å². The van der Waals surface area contributed by atoms with Gasteiger partial charge < -0.3 is 16.0 Å². The summed E-state index contributed by atoms with van der Waals surface area (Å²) in [6.07, 6.45) is 1.64. The predicted octanol–water partition coefficient (Wildman–Crippen LogP) is 10.5. The van der Waals surface area contributed by atoms with E-state index in [0.717, 1.165) is 32.7 Å². The molecule has 0 radical (unpaired) electrons. The summed E-state index contributed by atoms with van der Waals surface area (Å²) in [5, 5.41) is 10.3. The molecule has 55 heavy (non-hydrogen) atoms. The summed E-state index contributed by atoms with van der Waals surface area (Å²) in [6, 6.07) is 49.0. The van der Waals surface area contributed by atoms with Gasteiger partial charge in [-0.15, -0.1) is 23.1 Å². The summed E-state index contributed by atoms with van der Waals surface area (Å²) < 4.78 is 13.4. The molecule has 0 bridgehead atoms. The molecule has 1 aromatic heterocycles. The maximum Gasteiger partial charge on any atom is 0.272 e. The zero-order valence-corrected chi connectivity index (χ0v) is 30.8. The van der Waals surface area contributed by atoms with E-state index >= 15 is 0 Å². The lowest BCUT2D eigenvalue weighted by Crippen LogP contribution is -2.30. The highest BCUT2D eigenvalue weighted by molar-refractivity contribution is 8.00. The minimum atomic E-state index is -0.615. The van der Waals surface area contributed by atoms with E-state index in [1.54, 1.807) is 54.6 Å². The molecule has 0 aliphatic heterocycles. The summed E-state index contributed by atoms with van der Waals surface area (Å²) in [5.41, 5.74) is 6.03. The Balaban J connectivity index is 1.07. The maximum absolute atomic E-state index is 13.7. The van der Waals surface area contributed by atoms with E-state index in [0.29, 0.717) is 22.1 Å². The summed E-state index contributed by atoms with van der Waals surface area (Å²) in [7, 11) is 0. The number of amides is 3. The van der Waals surface area contributed by atoms with Crippen LogP contribution in [0.25, 0.3) is 28.5 Å². The second-order valence-electron chi connectivity index (χ2n) is 12.3. The van der Waals surface area contributed by atoms with Crippen molar-refractivity contribution in [2.75, 3.05) is 10.6 Å². The second kappa shape index (κ2) is 17.5. The highest BCUT2D eigenvalue weighted by Gasteiger charge is 2.24. The molecule has 0 spiro atoms. The summed E-state index contributed by atoms with van der Waals surface area (Å²) in [5.74, 6) is -1.50. The zero-order chi connectivity index (χ0) is 38.0. The van der Waals surface area contributed by atoms with E-state index in [1.807, 2.05) is 109 Å². The maximum atomic E-state index is 13.7. The Morgan fingerprint density at radius 3 is 1.93 bits per heavy atom. The number of anilines is 2. The summed E-state index contributed by atoms with van der Waals surface area (Å²) in [4.78, 5) is 45.9. The van der Waals surface area contributed by atoms with Crippen molar-refractivity contribution >= 4 is 57.7 Å². The first-order valence-electron chi connectivity index (χ1n) is 17.3. The van der Waals surface area contributed by atoms with Crippen LogP contribution in [0.2, 0.25) is 0 Å². The van der Waals surface area contributed by atoms with E-state index in [-0.39, 0.29) is 17.4 Å². The van der Waals surface area contributed by atoms with Crippen molar-refractivity contribution in [2.24, 2.45) is 0 Å². The fourth-order valence-electron chi connectivity index (χ4n) is 5.62. The molecule has 3 N–H and O–H groups in total. The minimum absolute atomic E-state index is 0.0744. The van der Waals surface area contributed by atoms with Gasteiger partial charge in [-0.1, -0.05) is 103 Å². The molecule has 3 amide bonds. The summed E-state index contributed by atoms with van der Waals surface area (Å²) >= 11 is 2.65. The van der Waals surface area contributed by atoms with Crippen molar-refractivity contribution in [1.82, 2.24) is 10.3 Å². The molecule has 7 aromatic rings. The molecule has 7 nitrogen and oxygen atoms in total. The quantitative estimate of drug-likeness (QED) is 0.0851. The normalized spacial score (nSPS) is 11.7. The van der Waals surface area contributed by atoms with Crippen LogP contribution in [0.15, 0.2) is 180 Å². The van der Waals surface area contributed by atoms with Gasteiger partial charge in [0.2, 0.25) is 5.91 Å². The zero-order valence-electron chi connectivity index (χ0n) is 29.2. The topological polar surface area (TPSA) is 100 Å². The first-order valence-corrected chi connectivity index (χ1v) is 19.0. The Bertz CT molecular complexity index is 2420. The van der Waals surface area contributed by atoms with E-state index in [4.69, 9.17) is 0 Å². The van der Waals surface area contributed by atoms with Crippen LogP contribution in [0.5, 0.6) is 0 Å². The number of hydrogen-bond donors (Lipinski definition) is 3. The van der Waals surface area contributed by atoms with Crippen molar-refractivity contribution in [3.05, 3.63) is 197 Å². The van der Waals surface area contributed by atoms with Crippen LogP contribution in [-0.2, 0) is 9.59 Å². The molecular weight excluding hydrogens is 728 g/mol. The van der Waals surface area contributed by atoms with Crippen molar-refractivity contribution in [2.45, 2.75) is 10.1 Å². The number of hydrogen-bond acceptors (Lipinski definition) is 6. The Morgan fingerprint density at radius 1 is 0.655 bits per heavy atom. The number of aromatic nitrogens is 1. The van der Waals surface area contributed by atoms with Crippen LogP contribution in [0, 0.1) is 5.82 Å². The number of nitrogens with one attached hydrogen (secondary N) is 3. The highest BCUT2D eigenvalue weighted by Crippen LogP contribution is 2.37. The molecule has 0 fully saturated rings. The van der Waals surface area contributed by atoms with Crippen LogP contribution < -0.4 is 16.0 Å². The van der Waals surface area contributed by atoms with Gasteiger partial charge in [-0.3, -0.25) is 14.4 Å². The van der Waals surface area contributed by atoms with Gasteiger partial charge in [-0.2, -0.15) is 0 Å². The smallest absolute Gasteiger partial charge is 0.272 e. The van der Waals surface area contributed by atoms with Crippen LogP contribution in [0.1, 0.15) is 26.7 Å². The monoisotopic (exact) mass is 760 g/mol. The number of halogens is 1. The molecule has 0 saturated carbocycles. The van der Waals surface area contributed by atoms with Crippen molar-refractivity contribution in [3.8, 4) is 22.4 Å². The van der Waals surface area contributed by atoms with Crippen molar-refractivity contribution in [3.63, 3.8) is 0 Å². The average Bonchev–Trinajstić information content (AvgIpc) is 3.70. The van der Waals surface area contributed by atoms with Crippen LogP contribution in [0.4, 0.5) is 15.2 Å². The fourth-order valence-corrected chi connectivity index (χ4v) is 7.37. The minimum Gasteiger partial charge on any atom is -0.321 e. The lowest BCUT2D eigenvalue weighted by atomic mass is 10.0. The number of thioether (sulfide) groups is 1. The number of nitrogens with zero attached hydrogens (tertiary/aromatic N) is 1. The Morgan fingerprint density at radius 2 is 1.25 bits per heavy atom. The van der Waals surface area contributed by atoms with Gasteiger partial charge in [0.25, 0.3) is 11.8 Å². The first kappa shape index (κ1) is 36.7. The number of rotatable bonds is 12. The Hall–Kier alpha value is -6.62. The molecule has 6 aromatic carbocycles. The second-order valence-corrected chi connectivity index (χ2v) is 14.3. The van der Waals surface area contributed by atoms with Crippen LogP contribution in [0.3, 0.4) is 0 Å². The van der Waals surface area contributed by atoms with Gasteiger partial charge in [-0.05, 0) is 89.0 Å². The number of thiazole rings is 1. The standard InChI is InChI=1S/C45H33FN4O3S2/c46-36-22-20-33(21-23-36)40-29-54-45(49-40)50-44(53)41(34-12-6-2-7-13-34)55-38-26-24-37(25-27-38)47-43(52)39(48-42(51)35-14-8-3-9-15-35)28-30-16-18-32(19-17-30)31-10-4-1-5-11-31/h1-29,41H,(H,47,52)(H,48,51)(H,49,50,53)/b39-28-. The number of benzene rings is 6. The van der Waals surface area contributed by atoms with Crippen LogP contribution >= 0.6 is 23.1 Å². The molecule has 0 aliphatic rings. The molecule has 1 unspecified atom stereocenters. The van der Waals surface area contributed by atoms with E-state index in [2.05, 4.69) is 20.9 Å². The Kier molecular flexibility index (Phi) is 11.7. The van der Waals surface area contributed by atoms with Gasteiger partial charge in [0, 0.05) is 27.1 Å². The highest BCUT2D eigenvalue weighted by atomic mass is 32.2. The van der Waals surface area contributed by atoms with Gasteiger partial charge >= 0.3 is 0 Å². The fraction of sp³-hybridized carbons (Fsp3) is 0.0222. The third kappa shape index (κ3) is 9.68. The van der Waals surface area contributed by atoms with Gasteiger partial charge in [0.1, 0.15) is 16.8 Å². The number of carbonyl (C=O) groups is 3. The molecule has 1 atom stereocenters. The molecule has 0 aliphatic carbocycles. The first-order chi connectivity index (χ1) is 26.9. The molecular formula is C45H33FN4O3S2. The Labute approximate surface area is 326 Å². The molecule has 7 rings (SSSR count). The third-order valence-corrected chi connectivity index (χ3v) is 10.5. The van der Waals surface area contributed by atoms with E-state index in [9.17, 15) is 18.8 Å². The van der Waals surface area contributed by atoms with E-state index in [1.165, 1.54) is 35.2 Å². The molecule has 1 heterocycles. The molecule has 0 saturated heterocycles. The molecule has 270 valence electrons. The van der Waals surface area contributed by atoms with Gasteiger partial charge in [0.15, 0.2) is 5.13 Å². The average molecular weight is 761 g/mol. The van der Waals surface area contributed by atoms with Gasteiger partial charge in [0.05, 0.1) is 5.69 Å². The lowest BCUT2D eigenvalue weighted by Gasteiger charge is -2.17. The lowest BCUT2D eigenvalue weighted by molar-refractivity contribution is -0.116. The van der Waals surface area contributed by atoms with Crippen LogP contribution in [-0.4, -0.2) is 22.7 Å². The van der Waals surface area contributed by atoms with Crippen molar-refractivity contribution in [1.29, 1.82) is 0 Å². The molecule has 10 heteroatoms. The van der Waals surface area contributed by atoms with E-state index < -0.39 is 17.1 Å². The SMILES string of the molecule is O=C(Nc1ccc(SC(C(=O)Nc2nc(-c3ccc(F)cc3)cs2)c2ccccc2)cc1)/C(=C/c1ccc(-c2ccccc2)cc1)NC(=O)c1ccccc1. The summed E-state index contributed by atoms with van der Waals surface area (Å²) in [6.45, 7) is 0. The third-order valence-electron chi connectivity index (χ3n) is 8.44. The predicted molar refractivity (Wildman–Crippen MR) is 220 cm³/mol. The van der Waals surface area contributed by atoms with Gasteiger partial charge in [-0.25, -0.2) is 9.37 Å².